The van der Waals surface area contributed by atoms with Crippen molar-refractivity contribution >= 4 is 17.3 Å². The third-order valence-corrected chi connectivity index (χ3v) is 4.37. The minimum atomic E-state index is 0.113. The summed E-state index contributed by atoms with van der Waals surface area (Å²) in [5.74, 6) is 1.46. The van der Waals surface area contributed by atoms with E-state index < -0.39 is 0 Å². The summed E-state index contributed by atoms with van der Waals surface area (Å²) in [7, 11) is 0. The highest BCUT2D eigenvalue weighted by Crippen LogP contribution is 2.34. The fourth-order valence-electron chi connectivity index (χ4n) is 3.26. The standard InChI is InChI=1S/C18H29ClN2/c1-13-9-14(2)12-21(11-13)17-15(7-6-8-16(17)19)10-20-18(3,4)5/h6-8,13-14,20H,9-12H2,1-5H3. The van der Waals surface area contributed by atoms with E-state index in [1.807, 2.05) is 6.07 Å². The molecule has 2 nitrogen and oxygen atoms in total. The van der Waals surface area contributed by atoms with E-state index in [0.29, 0.717) is 0 Å². The highest BCUT2D eigenvalue weighted by atomic mass is 35.5. The number of rotatable bonds is 3. The minimum Gasteiger partial charge on any atom is -0.370 e. The van der Waals surface area contributed by atoms with Crippen molar-refractivity contribution in [2.75, 3.05) is 18.0 Å². The van der Waals surface area contributed by atoms with Gasteiger partial charge in [-0.25, -0.2) is 0 Å². The number of para-hydroxylation sites is 1. The van der Waals surface area contributed by atoms with E-state index in [1.54, 1.807) is 0 Å². The van der Waals surface area contributed by atoms with Crippen LogP contribution < -0.4 is 10.2 Å². The summed E-state index contributed by atoms with van der Waals surface area (Å²) in [6.45, 7) is 14.3. The molecular formula is C18H29ClN2. The molecule has 3 heteroatoms. The molecule has 2 atom stereocenters. The van der Waals surface area contributed by atoms with Gasteiger partial charge in [0, 0.05) is 25.2 Å². The lowest BCUT2D eigenvalue weighted by atomic mass is 9.91. The molecule has 2 unspecified atom stereocenters. The molecule has 0 radical (unpaired) electrons. The Balaban J connectivity index is 2.25. The van der Waals surface area contributed by atoms with E-state index in [1.165, 1.54) is 17.7 Å². The maximum Gasteiger partial charge on any atom is 0.0642 e. The van der Waals surface area contributed by atoms with Gasteiger partial charge in [0.25, 0.3) is 0 Å². The van der Waals surface area contributed by atoms with Gasteiger partial charge in [0.1, 0.15) is 0 Å². The van der Waals surface area contributed by atoms with Crippen molar-refractivity contribution in [1.29, 1.82) is 0 Å². The summed E-state index contributed by atoms with van der Waals surface area (Å²) in [6.07, 6.45) is 1.32. The smallest absolute Gasteiger partial charge is 0.0642 e. The number of anilines is 1. The first-order valence-electron chi connectivity index (χ1n) is 8.03. The average Bonchev–Trinajstić information content (AvgIpc) is 2.34. The van der Waals surface area contributed by atoms with Crippen LogP contribution in [0.2, 0.25) is 5.02 Å². The lowest BCUT2D eigenvalue weighted by Gasteiger charge is -2.38. The maximum absolute atomic E-state index is 6.54. The van der Waals surface area contributed by atoms with E-state index in [4.69, 9.17) is 11.6 Å². The summed E-state index contributed by atoms with van der Waals surface area (Å²) in [4.78, 5) is 2.49. The number of nitrogens with zero attached hydrogens (tertiary/aromatic N) is 1. The van der Waals surface area contributed by atoms with Crippen LogP contribution in [0.15, 0.2) is 18.2 Å². The summed E-state index contributed by atoms with van der Waals surface area (Å²) < 4.78 is 0. The molecule has 1 N–H and O–H groups in total. The Kier molecular flexibility index (Phi) is 5.21. The van der Waals surface area contributed by atoms with Crippen LogP contribution in [0.4, 0.5) is 5.69 Å². The Morgan fingerprint density at radius 2 is 1.81 bits per heavy atom. The molecule has 1 aromatic rings. The van der Waals surface area contributed by atoms with Crippen LogP contribution in [-0.4, -0.2) is 18.6 Å². The van der Waals surface area contributed by atoms with Gasteiger partial charge in [-0.1, -0.05) is 37.6 Å². The molecular weight excluding hydrogens is 280 g/mol. The van der Waals surface area contributed by atoms with Crippen molar-refractivity contribution in [2.45, 2.75) is 53.1 Å². The first kappa shape index (κ1) is 16.6. The van der Waals surface area contributed by atoms with Crippen molar-refractivity contribution in [3.05, 3.63) is 28.8 Å². The largest absolute Gasteiger partial charge is 0.370 e. The zero-order chi connectivity index (χ0) is 15.6. The second-order valence-corrected chi connectivity index (χ2v) is 8.11. The summed E-state index contributed by atoms with van der Waals surface area (Å²) in [6, 6.07) is 6.27. The fourth-order valence-corrected chi connectivity index (χ4v) is 3.58. The molecule has 21 heavy (non-hydrogen) atoms. The third-order valence-electron chi connectivity index (χ3n) is 4.06. The average molecular weight is 309 g/mol. The molecule has 2 rings (SSSR count). The Bertz CT molecular complexity index is 469. The second kappa shape index (κ2) is 6.58. The van der Waals surface area contributed by atoms with Crippen LogP contribution in [0.1, 0.15) is 46.6 Å². The number of hydrogen-bond acceptors (Lipinski definition) is 2. The zero-order valence-electron chi connectivity index (χ0n) is 14.0. The lowest BCUT2D eigenvalue weighted by molar-refractivity contribution is 0.356. The van der Waals surface area contributed by atoms with E-state index in [9.17, 15) is 0 Å². The van der Waals surface area contributed by atoms with Gasteiger partial charge in [0.05, 0.1) is 10.7 Å². The number of piperidine rings is 1. The van der Waals surface area contributed by atoms with Crippen LogP contribution in [0.25, 0.3) is 0 Å². The van der Waals surface area contributed by atoms with E-state index in [-0.39, 0.29) is 5.54 Å². The Labute approximate surface area is 134 Å². The van der Waals surface area contributed by atoms with Crippen LogP contribution in [0, 0.1) is 11.8 Å². The SMILES string of the molecule is CC1CC(C)CN(c2c(Cl)cccc2CNC(C)(C)C)C1. The molecule has 118 valence electrons. The van der Waals surface area contributed by atoms with E-state index >= 15 is 0 Å². The topological polar surface area (TPSA) is 15.3 Å². The molecule has 0 amide bonds. The maximum atomic E-state index is 6.54. The van der Waals surface area contributed by atoms with Crippen LogP contribution in [-0.2, 0) is 6.54 Å². The monoisotopic (exact) mass is 308 g/mol. The van der Waals surface area contributed by atoms with Crippen LogP contribution in [0.5, 0.6) is 0 Å². The molecule has 0 saturated carbocycles. The number of halogens is 1. The van der Waals surface area contributed by atoms with E-state index in [0.717, 1.165) is 36.5 Å². The Morgan fingerprint density at radius 1 is 1.19 bits per heavy atom. The molecule has 1 saturated heterocycles. The first-order chi connectivity index (χ1) is 9.76. The van der Waals surface area contributed by atoms with Gasteiger partial charge < -0.3 is 10.2 Å². The second-order valence-electron chi connectivity index (χ2n) is 7.70. The zero-order valence-corrected chi connectivity index (χ0v) is 14.8. The van der Waals surface area contributed by atoms with Crippen molar-refractivity contribution < 1.29 is 0 Å². The van der Waals surface area contributed by atoms with Gasteiger partial charge in [-0.05, 0) is 50.7 Å². The van der Waals surface area contributed by atoms with Crippen LogP contribution in [0.3, 0.4) is 0 Å². The molecule has 1 fully saturated rings. The molecule has 0 spiro atoms. The summed E-state index contributed by atoms with van der Waals surface area (Å²) in [5.41, 5.74) is 2.65. The van der Waals surface area contributed by atoms with Gasteiger partial charge >= 0.3 is 0 Å². The normalized spacial score (nSPS) is 23.4. The molecule has 0 aliphatic carbocycles. The highest BCUT2D eigenvalue weighted by molar-refractivity contribution is 6.33. The third kappa shape index (κ3) is 4.62. The first-order valence-corrected chi connectivity index (χ1v) is 8.41. The quantitative estimate of drug-likeness (QED) is 0.870. The summed E-state index contributed by atoms with van der Waals surface area (Å²) in [5, 5.41) is 4.46. The fraction of sp³-hybridized carbons (Fsp3) is 0.667. The highest BCUT2D eigenvalue weighted by Gasteiger charge is 2.25. The van der Waals surface area contributed by atoms with Crippen molar-refractivity contribution in [3.63, 3.8) is 0 Å². The van der Waals surface area contributed by atoms with Gasteiger partial charge in [-0.15, -0.1) is 0 Å². The van der Waals surface area contributed by atoms with Gasteiger partial charge in [-0.3, -0.25) is 0 Å². The predicted octanol–water partition coefficient (Wildman–Crippen LogP) is 4.71. The minimum absolute atomic E-state index is 0.113. The number of benzene rings is 1. The van der Waals surface area contributed by atoms with Gasteiger partial charge in [0.2, 0.25) is 0 Å². The molecule has 1 aliphatic heterocycles. The lowest BCUT2D eigenvalue weighted by Crippen LogP contribution is -2.40. The van der Waals surface area contributed by atoms with Crippen LogP contribution >= 0.6 is 11.6 Å². The molecule has 1 aliphatic rings. The Morgan fingerprint density at radius 3 is 2.38 bits per heavy atom. The van der Waals surface area contributed by atoms with Gasteiger partial charge in [0.15, 0.2) is 0 Å². The van der Waals surface area contributed by atoms with Crippen molar-refractivity contribution in [3.8, 4) is 0 Å². The molecule has 0 aromatic heterocycles. The number of hydrogen-bond donors (Lipinski definition) is 1. The van der Waals surface area contributed by atoms with Crippen molar-refractivity contribution in [1.82, 2.24) is 5.32 Å². The Hall–Kier alpha value is -0.730. The predicted molar refractivity (Wildman–Crippen MR) is 93.2 cm³/mol. The van der Waals surface area contributed by atoms with E-state index in [2.05, 4.69) is 57.0 Å². The summed E-state index contributed by atoms with van der Waals surface area (Å²) >= 11 is 6.54. The van der Waals surface area contributed by atoms with Gasteiger partial charge in [-0.2, -0.15) is 0 Å². The number of nitrogens with one attached hydrogen (secondary N) is 1. The molecule has 1 heterocycles. The molecule has 0 bridgehead atoms. The molecule has 1 aromatic carbocycles. The van der Waals surface area contributed by atoms with Crippen molar-refractivity contribution in [2.24, 2.45) is 11.8 Å².